The van der Waals surface area contributed by atoms with E-state index in [1.165, 1.54) is 17.0 Å². The Morgan fingerprint density at radius 2 is 1.96 bits per heavy atom. The number of hydrogen-bond acceptors (Lipinski definition) is 4. The molecule has 3 unspecified atom stereocenters. The number of nitrogens with zero attached hydrogens (tertiary/aromatic N) is 1. The molecule has 1 aliphatic carbocycles. The van der Waals surface area contributed by atoms with Crippen LogP contribution in [0.4, 0.5) is 13.2 Å². The number of benzene rings is 1. The summed E-state index contributed by atoms with van der Waals surface area (Å²) >= 11 is 0. The van der Waals surface area contributed by atoms with E-state index in [0.29, 0.717) is 6.42 Å². The third-order valence-corrected chi connectivity index (χ3v) is 4.55. The van der Waals surface area contributed by atoms with Crippen molar-refractivity contribution >= 4 is 18.3 Å². The molecule has 1 fully saturated rings. The summed E-state index contributed by atoms with van der Waals surface area (Å²) < 4.78 is 42.8. The van der Waals surface area contributed by atoms with Crippen LogP contribution in [-0.4, -0.2) is 48.3 Å². The summed E-state index contributed by atoms with van der Waals surface area (Å²) in [6.45, 7) is -0.0294. The number of halogens is 4. The fourth-order valence-electron chi connectivity index (χ4n) is 3.15. The van der Waals surface area contributed by atoms with Crippen LogP contribution in [0.5, 0.6) is 5.75 Å². The van der Waals surface area contributed by atoms with Crippen molar-refractivity contribution in [2.75, 3.05) is 20.2 Å². The number of nitrogens with two attached hydrogens (primary N) is 1. The Bertz CT molecular complexity index is 599. The van der Waals surface area contributed by atoms with Crippen molar-refractivity contribution in [1.82, 2.24) is 4.90 Å². The van der Waals surface area contributed by atoms with Gasteiger partial charge in [0.1, 0.15) is 18.5 Å². The highest BCUT2D eigenvalue weighted by atomic mass is 35.5. The molecule has 3 N–H and O–H groups in total. The number of rotatable bonds is 6. The normalized spacial score (nSPS) is 21.1. The molecule has 1 aromatic rings. The second-order valence-corrected chi connectivity index (χ2v) is 6.83. The summed E-state index contributed by atoms with van der Waals surface area (Å²) in [6, 6.07) is 4.29. The minimum absolute atomic E-state index is 0. The van der Waals surface area contributed by atoms with Crippen molar-refractivity contribution in [3.63, 3.8) is 0 Å². The number of carbonyl (C=O) groups is 1. The first-order chi connectivity index (χ1) is 12.2. The van der Waals surface area contributed by atoms with E-state index in [1.54, 1.807) is 7.05 Å². The van der Waals surface area contributed by atoms with Crippen LogP contribution in [-0.2, 0) is 11.0 Å². The van der Waals surface area contributed by atoms with Crippen LogP contribution in [0, 0.1) is 5.92 Å². The van der Waals surface area contributed by atoms with E-state index in [-0.39, 0.29) is 49.2 Å². The van der Waals surface area contributed by atoms with Crippen molar-refractivity contribution in [1.29, 1.82) is 0 Å². The Labute approximate surface area is 163 Å². The zero-order chi connectivity index (χ0) is 19.3. The fourth-order valence-corrected chi connectivity index (χ4v) is 3.15. The van der Waals surface area contributed by atoms with Gasteiger partial charge in [-0.05, 0) is 43.5 Å². The van der Waals surface area contributed by atoms with E-state index in [1.807, 2.05) is 0 Å². The van der Waals surface area contributed by atoms with E-state index in [0.717, 1.165) is 31.4 Å². The number of hydrogen-bond donors (Lipinski definition) is 2. The molecule has 0 radical (unpaired) electrons. The average Bonchev–Trinajstić information content (AvgIpc) is 2.59. The standard InChI is InChI=1S/C18H25F3N2O3.ClH/c1-23(17(25)12-3-2-4-14(22)9-12)10-15(24)11-26-16-7-5-13(6-8-16)18(19,20)21;/h5-8,12,14-15,24H,2-4,9-11,22H2,1H3;1H. The number of ether oxygens (including phenoxy) is 1. The van der Waals surface area contributed by atoms with Gasteiger partial charge in [-0.3, -0.25) is 4.79 Å². The number of carbonyl (C=O) groups excluding carboxylic acids is 1. The maximum absolute atomic E-state index is 12.5. The average molecular weight is 411 g/mol. The van der Waals surface area contributed by atoms with Crippen LogP contribution < -0.4 is 10.5 Å². The zero-order valence-corrected chi connectivity index (χ0v) is 15.9. The topological polar surface area (TPSA) is 75.8 Å². The first-order valence-electron chi connectivity index (χ1n) is 8.65. The molecule has 1 aromatic carbocycles. The van der Waals surface area contributed by atoms with Gasteiger partial charge in [-0.1, -0.05) is 6.42 Å². The molecule has 0 bridgehead atoms. The van der Waals surface area contributed by atoms with Crippen molar-refractivity contribution in [2.24, 2.45) is 11.7 Å². The Kier molecular flexibility index (Phi) is 8.84. The second-order valence-electron chi connectivity index (χ2n) is 6.83. The van der Waals surface area contributed by atoms with Crippen molar-refractivity contribution in [2.45, 2.75) is 44.0 Å². The van der Waals surface area contributed by atoms with Crippen molar-refractivity contribution < 1.29 is 27.8 Å². The molecule has 1 aliphatic rings. The summed E-state index contributed by atoms with van der Waals surface area (Å²) in [7, 11) is 1.61. The molecule has 2 rings (SSSR count). The van der Waals surface area contributed by atoms with Gasteiger partial charge in [0, 0.05) is 25.6 Å². The smallest absolute Gasteiger partial charge is 0.416 e. The molecule has 0 aliphatic heterocycles. The lowest BCUT2D eigenvalue weighted by Crippen LogP contribution is -2.42. The molecule has 3 atom stereocenters. The quantitative estimate of drug-likeness (QED) is 0.756. The second kappa shape index (κ2) is 10.1. The highest BCUT2D eigenvalue weighted by Gasteiger charge is 2.30. The summed E-state index contributed by atoms with van der Waals surface area (Å²) in [5, 5.41) is 10.0. The molecule has 0 aromatic heterocycles. The van der Waals surface area contributed by atoms with Crippen LogP contribution in [0.15, 0.2) is 24.3 Å². The van der Waals surface area contributed by atoms with Gasteiger partial charge >= 0.3 is 6.18 Å². The molecule has 5 nitrogen and oxygen atoms in total. The van der Waals surface area contributed by atoms with E-state index in [2.05, 4.69) is 0 Å². The van der Waals surface area contributed by atoms with E-state index in [4.69, 9.17) is 10.5 Å². The van der Waals surface area contributed by atoms with Gasteiger partial charge in [0.2, 0.25) is 5.91 Å². The van der Waals surface area contributed by atoms with E-state index in [9.17, 15) is 23.1 Å². The largest absolute Gasteiger partial charge is 0.491 e. The van der Waals surface area contributed by atoms with Crippen LogP contribution in [0.3, 0.4) is 0 Å². The molecular formula is C18H26ClF3N2O3. The molecular weight excluding hydrogens is 385 g/mol. The van der Waals surface area contributed by atoms with Crippen LogP contribution in [0.25, 0.3) is 0 Å². The molecule has 1 saturated carbocycles. The third-order valence-electron chi connectivity index (χ3n) is 4.55. The number of amides is 1. The monoisotopic (exact) mass is 410 g/mol. The molecule has 154 valence electrons. The predicted octanol–water partition coefficient (Wildman–Crippen LogP) is 2.84. The van der Waals surface area contributed by atoms with E-state index < -0.39 is 17.8 Å². The van der Waals surface area contributed by atoms with Crippen molar-refractivity contribution in [3.05, 3.63) is 29.8 Å². The molecule has 0 spiro atoms. The number of aliphatic hydroxyl groups excluding tert-OH is 1. The molecule has 1 amide bonds. The number of alkyl halides is 3. The lowest BCUT2D eigenvalue weighted by molar-refractivity contribution is -0.138. The lowest BCUT2D eigenvalue weighted by Gasteiger charge is -2.30. The summed E-state index contributed by atoms with van der Waals surface area (Å²) in [4.78, 5) is 13.9. The number of likely N-dealkylation sites (N-methyl/N-ethyl adjacent to an activating group) is 1. The maximum atomic E-state index is 12.5. The molecule has 9 heteroatoms. The van der Waals surface area contributed by atoms with Gasteiger partial charge in [0.05, 0.1) is 5.56 Å². The van der Waals surface area contributed by atoms with Crippen LogP contribution in [0.2, 0.25) is 0 Å². The van der Waals surface area contributed by atoms with Gasteiger partial charge in [-0.25, -0.2) is 0 Å². The first kappa shape index (κ1) is 23.5. The Morgan fingerprint density at radius 3 is 2.52 bits per heavy atom. The van der Waals surface area contributed by atoms with E-state index >= 15 is 0 Å². The molecule has 27 heavy (non-hydrogen) atoms. The van der Waals surface area contributed by atoms with Gasteiger partial charge in [-0.2, -0.15) is 13.2 Å². The molecule has 0 saturated heterocycles. The van der Waals surface area contributed by atoms with Gasteiger partial charge in [-0.15, -0.1) is 12.4 Å². The minimum Gasteiger partial charge on any atom is -0.491 e. The minimum atomic E-state index is -4.40. The number of aliphatic hydroxyl groups is 1. The van der Waals surface area contributed by atoms with Crippen molar-refractivity contribution in [3.8, 4) is 5.75 Å². The summed E-state index contributed by atoms with van der Waals surface area (Å²) in [6.07, 6.45) is -2.04. The third kappa shape index (κ3) is 7.20. The highest BCUT2D eigenvalue weighted by molar-refractivity contribution is 5.85. The van der Waals surface area contributed by atoms with Gasteiger partial charge in [0.25, 0.3) is 0 Å². The highest BCUT2D eigenvalue weighted by Crippen LogP contribution is 2.30. The predicted molar refractivity (Wildman–Crippen MR) is 97.8 cm³/mol. The Hall–Kier alpha value is -1.51. The zero-order valence-electron chi connectivity index (χ0n) is 15.1. The lowest BCUT2D eigenvalue weighted by atomic mass is 9.85. The van der Waals surface area contributed by atoms with Crippen LogP contribution in [0.1, 0.15) is 31.2 Å². The SMILES string of the molecule is CN(CC(O)COc1ccc(C(F)(F)F)cc1)C(=O)C1CCCC(N)C1.Cl. The summed E-state index contributed by atoms with van der Waals surface area (Å²) in [5.74, 6) is 0.0600. The van der Waals surface area contributed by atoms with Gasteiger partial charge in [0.15, 0.2) is 0 Å². The Balaban J connectivity index is 0.00000364. The Morgan fingerprint density at radius 1 is 1.33 bits per heavy atom. The van der Waals surface area contributed by atoms with Gasteiger partial charge < -0.3 is 20.5 Å². The summed E-state index contributed by atoms with van der Waals surface area (Å²) in [5.41, 5.74) is 5.14. The first-order valence-corrected chi connectivity index (χ1v) is 8.65. The maximum Gasteiger partial charge on any atom is 0.416 e. The fraction of sp³-hybridized carbons (Fsp3) is 0.611. The van der Waals surface area contributed by atoms with Crippen LogP contribution >= 0.6 is 12.4 Å². The molecule has 0 heterocycles.